The standard InChI is InChI=1S/C77H133NO5/c1-7-11-15-19-23-27-31-35-39-43-47-51-55-59-63-67-73(79)70(65-61-57-53-49-45-41-37-33-29-25-21-17-13-9-3)75(81)72(69-78(5)6)77(83)76(82)71(66-62-58-54-50-46-42-38-34-30-26-22-18-14-10-4)74(80)68-64-60-56-52-48-44-40-36-32-28-24-20-16-12-8-2/h23-30,35-42,70-72,77,83H,7-22,31-34,43-69H2,1-6H3/b27-23-,28-24-,29-25-,30-26-,39-35-,40-36-,41-37-,42-38-. The first-order valence-corrected chi connectivity index (χ1v) is 35.3. The summed E-state index contributed by atoms with van der Waals surface area (Å²) in [4.78, 5) is 59.9. The van der Waals surface area contributed by atoms with Crippen molar-refractivity contribution in [2.75, 3.05) is 20.6 Å². The highest BCUT2D eigenvalue weighted by Crippen LogP contribution is 2.27. The van der Waals surface area contributed by atoms with Crippen molar-refractivity contribution in [2.45, 2.75) is 329 Å². The summed E-state index contributed by atoms with van der Waals surface area (Å²) in [6, 6.07) is 0. The Morgan fingerprint density at radius 1 is 0.313 bits per heavy atom. The van der Waals surface area contributed by atoms with Gasteiger partial charge in [0.2, 0.25) is 0 Å². The summed E-state index contributed by atoms with van der Waals surface area (Å²) in [5.41, 5.74) is 0. The quantitative estimate of drug-likeness (QED) is 0.0371. The van der Waals surface area contributed by atoms with E-state index in [9.17, 15) is 24.3 Å². The van der Waals surface area contributed by atoms with Crippen LogP contribution >= 0.6 is 0 Å². The molecule has 0 saturated heterocycles. The third kappa shape index (κ3) is 51.5. The molecule has 0 spiro atoms. The number of allylic oxidation sites excluding steroid dienone is 16. The lowest BCUT2D eigenvalue weighted by molar-refractivity contribution is -0.148. The summed E-state index contributed by atoms with van der Waals surface area (Å²) in [6.45, 7) is 9.10. The summed E-state index contributed by atoms with van der Waals surface area (Å²) >= 11 is 0. The minimum absolute atomic E-state index is 0.0579. The number of hydrogen-bond acceptors (Lipinski definition) is 6. The first-order valence-electron chi connectivity index (χ1n) is 35.3. The Hall–Kier alpha value is -3.48. The van der Waals surface area contributed by atoms with E-state index in [4.69, 9.17) is 0 Å². The summed E-state index contributed by atoms with van der Waals surface area (Å²) in [7, 11) is 3.70. The van der Waals surface area contributed by atoms with Crippen molar-refractivity contribution in [3.63, 3.8) is 0 Å². The third-order valence-corrected chi connectivity index (χ3v) is 16.2. The average Bonchev–Trinajstić information content (AvgIpc) is 3.64. The van der Waals surface area contributed by atoms with Gasteiger partial charge in [-0.2, -0.15) is 0 Å². The molecule has 0 rings (SSSR count). The molecular formula is C77H133NO5. The molecule has 4 atom stereocenters. The van der Waals surface area contributed by atoms with E-state index in [1.54, 1.807) is 0 Å². The van der Waals surface area contributed by atoms with Crippen LogP contribution in [0.2, 0.25) is 0 Å². The average molecular weight is 1150 g/mol. The Morgan fingerprint density at radius 3 is 0.831 bits per heavy atom. The molecule has 0 aliphatic carbocycles. The van der Waals surface area contributed by atoms with Crippen molar-refractivity contribution in [2.24, 2.45) is 17.8 Å². The number of nitrogens with zero attached hydrogens (tertiary/aromatic N) is 1. The van der Waals surface area contributed by atoms with Gasteiger partial charge in [-0.15, -0.1) is 0 Å². The number of unbranched alkanes of at least 4 members (excludes halogenated alkanes) is 30. The molecule has 0 fully saturated rings. The fourth-order valence-corrected chi connectivity index (χ4v) is 10.9. The fraction of sp³-hybridized carbons (Fsp3) is 0.740. The number of hydrogen-bond donors (Lipinski definition) is 1. The van der Waals surface area contributed by atoms with E-state index in [1.807, 2.05) is 19.0 Å². The molecule has 0 heterocycles. The molecule has 0 aliphatic rings. The van der Waals surface area contributed by atoms with Gasteiger partial charge in [0.25, 0.3) is 0 Å². The number of carbonyl (C=O) groups excluding carboxylic acids is 4. The molecule has 4 unspecified atom stereocenters. The van der Waals surface area contributed by atoms with Gasteiger partial charge in [-0.1, -0.05) is 253 Å². The van der Waals surface area contributed by atoms with Gasteiger partial charge < -0.3 is 10.0 Å². The maximum atomic E-state index is 14.9. The highest BCUT2D eigenvalue weighted by atomic mass is 16.3. The Balaban J connectivity index is 5.96. The second-order valence-corrected chi connectivity index (χ2v) is 24.4. The Morgan fingerprint density at radius 2 is 0.554 bits per heavy atom. The van der Waals surface area contributed by atoms with Crippen molar-refractivity contribution in [1.82, 2.24) is 4.90 Å². The smallest absolute Gasteiger partial charge is 0.172 e. The lowest BCUT2D eigenvalue weighted by Crippen LogP contribution is -2.47. The third-order valence-electron chi connectivity index (χ3n) is 16.2. The SMILES string of the molecule is CCCCC/C=C\C/C=C\CCCCCCCC(=O)C(CCCCCC/C=C\C/C=C\CCCCC)C(=O)C(O)C(CN(C)C)C(=O)C(CCCCCC/C=C\C/C=C\CCCCC)C(=O)CCCCCCC/C=C\C/C=C\CCCCC. The van der Waals surface area contributed by atoms with Crippen LogP contribution in [0.5, 0.6) is 0 Å². The first-order chi connectivity index (χ1) is 40.7. The predicted molar refractivity (Wildman–Crippen MR) is 363 cm³/mol. The number of Topliss-reactive ketones (excluding diaryl/α,β-unsaturated/α-hetero) is 4. The van der Waals surface area contributed by atoms with E-state index >= 15 is 0 Å². The molecule has 83 heavy (non-hydrogen) atoms. The van der Waals surface area contributed by atoms with Crippen molar-refractivity contribution in [3.05, 3.63) is 97.2 Å². The van der Waals surface area contributed by atoms with Gasteiger partial charge in [-0.25, -0.2) is 0 Å². The Labute approximate surface area is 514 Å². The van der Waals surface area contributed by atoms with Crippen LogP contribution in [-0.2, 0) is 19.2 Å². The van der Waals surface area contributed by atoms with E-state index in [0.29, 0.717) is 32.1 Å². The number of carbonyl (C=O) groups is 4. The van der Waals surface area contributed by atoms with Gasteiger partial charge in [0.05, 0.1) is 17.8 Å². The van der Waals surface area contributed by atoms with Gasteiger partial charge in [0.15, 0.2) is 11.6 Å². The highest BCUT2D eigenvalue weighted by molar-refractivity contribution is 6.08. The molecule has 476 valence electrons. The highest BCUT2D eigenvalue weighted by Gasteiger charge is 2.41. The molecule has 0 aromatic carbocycles. The van der Waals surface area contributed by atoms with Crippen LogP contribution < -0.4 is 0 Å². The molecule has 0 saturated carbocycles. The lowest BCUT2D eigenvalue weighted by atomic mass is 9.77. The van der Waals surface area contributed by atoms with E-state index in [0.717, 1.165) is 173 Å². The van der Waals surface area contributed by atoms with E-state index < -0.39 is 29.6 Å². The summed E-state index contributed by atoms with van der Waals surface area (Å²) in [6.07, 6.45) is 81.5. The number of aliphatic hydroxyl groups is 1. The lowest BCUT2D eigenvalue weighted by Gasteiger charge is -2.29. The fourth-order valence-electron chi connectivity index (χ4n) is 10.9. The molecule has 0 aliphatic heterocycles. The van der Waals surface area contributed by atoms with E-state index in [1.165, 1.54) is 89.9 Å². The van der Waals surface area contributed by atoms with E-state index in [2.05, 4.69) is 125 Å². The molecule has 0 bridgehead atoms. The second kappa shape index (κ2) is 63.0. The molecule has 6 nitrogen and oxygen atoms in total. The van der Waals surface area contributed by atoms with Crippen molar-refractivity contribution >= 4 is 23.1 Å². The molecule has 0 radical (unpaired) electrons. The molecular weight excluding hydrogens is 1020 g/mol. The van der Waals surface area contributed by atoms with Crippen molar-refractivity contribution in [1.29, 1.82) is 0 Å². The first kappa shape index (κ1) is 79.5. The van der Waals surface area contributed by atoms with Crippen LogP contribution in [0.1, 0.15) is 323 Å². The van der Waals surface area contributed by atoms with Crippen LogP contribution in [-0.4, -0.2) is 59.9 Å². The minimum atomic E-state index is -1.64. The second-order valence-electron chi connectivity index (χ2n) is 24.4. The molecule has 6 heteroatoms. The number of rotatable bonds is 63. The molecule has 0 amide bonds. The van der Waals surface area contributed by atoms with Crippen molar-refractivity contribution < 1.29 is 24.3 Å². The molecule has 1 N–H and O–H groups in total. The van der Waals surface area contributed by atoms with Gasteiger partial charge in [0.1, 0.15) is 17.7 Å². The molecule has 0 aromatic rings. The summed E-state index contributed by atoms with van der Waals surface area (Å²) < 4.78 is 0. The van der Waals surface area contributed by atoms with Gasteiger partial charge >= 0.3 is 0 Å². The van der Waals surface area contributed by atoms with Crippen LogP contribution in [0.4, 0.5) is 0 Å². The summed E-state index contributed by atoms with van der Waals surface area (Å²) in [5, 5.41) is 12.2. The largest absolute Gasteiger partial charge is 0.384 e. The predicted octanol–water partition coefficient (Wildman–Crippen LogP) is 22.5. The monoisotopic (exact) mass is 1150 g/mol. The zero-order valence-corrected chi connectivity index (χ0v) is 55.3. The normalized spacial score (nSPS) is 14.0. The summed E-state index contributed by atoms with van der Waals surface area (Å²) in [5.74, 6) is -3.90. The van der Waals surface area contributed by atoms with Crippen LogP contribution in [0.25, 0.3) is 0 Å². The van der Waals surface area contributed by atoms with E-state index in [-0.39, 0.29) is 23.9 Å². The van der Waals surface area contributed by atoms with Crippen LogP contribution in [0, 0.1) is 17.8 Å². The zero-order valence-electron chi connectivity index (χ0n) is 55.3. The van der Waals surface area contributed by atoms with Gasteiger partial charge in [0, 0.05) is 19.4 Å². The minimum Gasteiger partial charge on any atom is -0.384 e. The maximum absolute atomic E-state index is 14.9. The van der Waals surface area contributed by atoms with Gasteiger partial charge in [-0.3, -0.25) is 19.2 Å². The number of ketones is 4. The Bertz CT molecular complexity index is 1740. The van der Waals surface area contributed by atoms with Crippen LogP contribution in [0.3, 0.4) is 0 Å². The maximum Gasteiger partial charge on any atom is 0.172 e. The van der Waals surface area contributed by atoms with Crippen LogP contribution in [0.15, 0.2) is 97.2 Å². The van der Waals surface area contributed by atoms with Crippen molar-refractivity contribution in [3.8, 4) is 0 Å². The topological polar surface area (TPSA) is 91.8 Å². The zero-order chi connectivity index (χ0) is 60.7. The molecule has 0 aromatic heterocycles. The number of aliphatic hydroxyl groups excluding tert-OH is 1. The van der Waals surface area contributed by atoms with Gasteiger partial charge in [-0.05, 0) is 168 Å². The Kier molecular flexibility index (Phi) is 60.4.